The maximum absolute atomic E-state index is 10.3. The molecule has 0 spiro atoms. The molecule has 2 heterocycles. The van der Waals surface area contributed by atoms with Crippen LogP contribution in [0.4, 0.5) is 0 Å². The predicted molar refractivity (Wildman–Crippen MR) is 61.2 cm³/mol. The SMILES string of the molecule is COc1ccc2nccc(C=CC=O)c2n1. The second kappa shape index (κ2) is 4.53. The lowest BCUT2D eigenvalue weighted by Crippen LogP contribution is -1.91. The normalized spacial score (nSPS) is 10.8. The Balaban J connectivity index is 2.63. The molecule has 0 saturated carbocycles. The maximum atomic E-state index is 10.3. The molecular weight excluding hydrogens is 204 g/mol. The summed E-state index contributed by atoms with van der Waals surface area (Å²) >= 11 is 0. The van der Waals surface area contributed by atoms with E-state index in [1.165, 1.54) is 6.08 Å². The van der Waals surface area contributed by atoms with Gasteiger partial charge in [-0.3, -0.25) is 9.78 Å². The van der Waals surface area contributed by atoms with Crippen LogP contribution in [0.3, 0.4) is 0 Å². The van der Waals surface area contributed by atoms with Crippen LogP contribution in [-0.2, 0) is 4.79 Å². The molecule has 16 heavy (non-hydrogen) atoms. The molecule has 0 aliphatic carbocycles. The average Bonchev–Trinajstić information content (AvgIpc) is 2.35. The molecule has 0 amide bonds. The first-order valence-electron chi connectivity index (χ1n) is 4.77. The number of ether oxygens (including phenoxy) is 1. The van der Waals surface area contributed by atoms with Gasteiger partial charge in [-0.15, -0.1) is 0 Å². The minimum Gasteiger partial charge on any atom is -0.481 e. The Morgan fingerprint density at radius 2 is 2.19 bits per heavy atom. The van der Waals surface area contributed by atoms with Gasteiger partial charge < -0.3 is 4.74 Å². The van der Waals surface area contributed by atoms with Gasteiger partial charge in [-0.25, -0.2) is 4.98 Å². The van der Waals surface area contributed by atoms with E-state index in [-0.39, 0.29) is 0 Å². The number of aromatic nitrogens is 2. The van der Waals surface area contributed by atoms with E-state index in [1.54, 1.807) is 31.5 Å². The van der Waals surface area contributed by atoms with Crippen LogP contribution in [0, 0.1) is 0 Å². The van der Waals surface area contributed by atoms with Crippen LogP contribution in [-0.4, -0.2) is 23.4 Å². The van der Waals surface area contributed by atoms with E-state index in [2.05, 4.69) is 9.97 Å². The fourth-order valence-electron chi connectivity index (χ4n) is 1.42. The molecule has 4 heteroatoms. The number of carbonyl (C=O) groups excluding carboxylic acids is 1. The molecule has 0 atom stereocenters. The number of allylic oxidation sites excluding steroid dienone is 1. The molecule has 4 nitrogen and oxygen atoms in total. The Hall–Kier alpha value is -2.23. The standard InChI is InChI=1S/C12H10N2O2/c1-16-11-5-4-10-12(14-11)9(3-2-8-15)6-7-13-10/h2-8H,1H3. The molecule has 0 bridgehead atoms. The Labute approximate surface area is 92.6 Å². The van der Waals surface area contributed by atoms with Gasteiger partial charge in [0.2, 0.25) is 5.88 Å². The van der Waals surface area contributed by atoms with Crippen molar-refractivity contribution in [3.05, 3.63) is 36.0 Å². The van der Waals surface area contributed by atoms with Crippen LogP contribution in [0.1, 0.15) is 5.56 Å². The molecule has 80 valence electrons. The van der Waals surface area contributed by atoms with E-state index < -0.39 is 0 Å². The van der Waals surface area contributed by atoms with Crippen LogP contribution in [0.15, 0.2) is 30.5 Å². The van der Waals surface area contributed by atoms with Crippen LogP contribution in [0.5, 0.6) is 5.88 Å². The zero-order valence-electron chi connectivity index (χ0n) is 8.75. The molecule has 2 aromatic rings. The molecule has 0 radical (unpaired) electrons. The van der Waals surface area contributed by atoms with Crippen molar-refractivity contribution in [3.8, 4) is 5.88 Å². The van der Waals surface area contributed by atoms with Gasteiger partial charge in [0.15, 0.2) is 0 Å². The molecule has 0 N–H and O–H groups in total. The third-order valence-electron chi connectivity index (χ3n) is 2.15. The summed E-state index contributed by atoms with van der Waals surface area (Å²) in [7, 11) is 1.56. The first-order chi connectivity index (χ1) is 7.85. The van der Waals surface area contributed by atoms with Gasteiger partial charge in [0.05, 0.1) is 18.1 Å². The van der Waals surface area contributed by atoms with E-state index in [1.807, 2.05) is 6.07 Å². The lowest BCUT2D eigenvalue weighted by molar-refractivity contribution is -0.104. The minimum absolute atomic E-state index is 0.529. The zero-order chi connectivity index (χ0) is 11.4. The molecule has 0 fully saturated rings. The molecule has 0 aliphatic heterocycles. The van der Waals surface area contributed by atoms with Crippen molar-refractivity contribution in [1.29, 1.82) is 0 Å². The number of hydrogen-bond acceptors (Lipinski definition) is 4. The van der Waals surface area contributed by atoms with Crippen LogP contribution in [0.25, 0.3) is 17.1 Å². The highest BCUT2D eigenvalue weighted by molar-refractivity contribution is 5.87. The van der Waals surface area contributed by atoms with E-state index in [9.17, 15) is 4.79 Å². The summed E-state index contributed by atoms with van der Waals surface area (Å²) < 4.78 is 5.05. The van der Waals surface area contributed by atoms with Crippen molar-refractivity contribution in [3.63, 3.8) is 0 Å². The van der Waals surface area contributed by atoms with E-state index in [0.29, 0.717) is 5.88 Å². The fourth-order valence-corrected chi connectivity index (χ4v) is 1.42. The number of pyridine rings is 2. The number of nitrogens with zero attached hydrogens (tertiary/aromatic N) is 2. The fraction of sp³-hybridized carbons (Fsp3) is 0.0833. The first kappa shape index (κ1) is 10.3. The Bertz CT molecular complexity index is 550. The predicted octanol–water partition coefficient (Wildman–Crippen LogP) is 1.85. The molecule has 2 rings (SSSR count). The third kappa shape index (κ3) is 1.91. The van der Waals surface area contributed by atoms with Crippen LogP contribution >= 0.6 is 0 Å². The number of aldehydes is 1. The summed E-state index contributed by atoms with van der Waals surface area (Å²) in [5.41, 5.74) is 2.34. The highest BCUT2D eigenvalue weighted by Gasteiger charge is 2.02. The summed E-state index contributed by atoms with van der Waals surface area (Å²) in [6, 6.07) is 5.39. The molecule has 0 aromatic carbocycles. The van der Waals surface area contributed by atoms with Gasteiger partial charge in [0.1, 0.15) is 6.29 Å². The van der Waals surface area contributed by atoms with Crippen molar-refractivity contribution >= 4 is 23.4 Å². The van der Waals surface area contributed by atoms with Gasteiger partial charge in [0, 0.05) is 17.8 Å². The summed E-state index contributed by atoms with van der Waals surface area (Å²) in [6.07, 6.45) is 5.53. The Kier molecular flexibility index (Phi) is 2.91. The summed E-state index contributed by atoms with van der Waals surface area (Å²) in [5, 5.41) is 0. The van der Waals surface area contributed by atoms with Gasteiger partial charge in [-0.2, -0.15) is 0 Å². The van der Waals surface area contributed by atoms with Crippen molar-refractivity contribution in [2.24, 2.45) is 0 Å². The first-order valence-corrected chi connectivity index (χ1v) is 4.77. The van der Waals surface area contributed by atoms with Gasteiger partial charge in [-0.05, 0) is 24.3 Å². The smallest absolute Gasteiger partial charge is 0.213 e. The quantitative estimate of drug-likeness (QED) is 0.578. The van der Waals surface area contributed by atoms with Crippen LogP contribution in [0.2, 0.25) is 0 Å². The van der Waals surface area contributed by atoms with Crippen molar-refractivity contribution in [2.45, 2.75) is 0 Å². The monoisotopic (exact) mass is 214 g/mol. The minimum atomic E-state index is 0.529. The molecule has 0 unspecified atom stereocenters. The largest absolute Gasteiger partial charge is 0.481 e. The van der Waals surface area contributed by atoms with Gasteiger partial charge >= 0.3 is 0 Å². The lowest BCUT2D eigenvalue weighted by Gasteiger charge is -2.03. The third-order valence-corrected chi connectivity index (χ3v) is 2.15. The van der Waals surface area contributed by atoms with E-state index in [4.69, 9.17) is 4.74 Å². The highest BCUT2D eigenvalue weighted by atomic mass is 16.5. The maximum Gasteiger partial charge on any atom is 0.213 e. The second-order valence-electron chi connectivity index (χ2n) is 3.12. The Morgan fingerprint density at radius 1 is 1.31 bits per heavy atom. The van der Waals surface area contributed by atoms with Gasteiger partial charge in [-0.1, -0.05) is 0 Å². The van der Waals surface area contributed by atoms with Crippen molar-refractivity contribution in [2.75, 3.05) is 7.11 Å². The van der Waals surface area contributed by atoms with Gasteiger partial charge in [0.25, 0.3) is 0 Å². The lowest BCUT2D eigenvalue weighted by atomic mass is 10.2. The summed E-state index contributed by atoms with van der Waals surface area (Å²) in [4.78, 5) is 18.8. The summed E-state index contributed by atoms with van der Waals surface area (Å²) in [5.74, 6) is 0.529. The number of methoxy groups -OCH3 is 1. The molecule has 2 aromatic heterocycles. The molecule has 0 saturated heterocycles. The number of carbonyl (C=O) groups is 1. The Morgan fingerprint density at radius 3 is 2.94 bits per heavy atom. The molecular formula is C12H10N2O2. The topological polar surface area (TPSA) is 52.1 Å². The average molecular weight is 214 g/mol. The number of hydrogen-bond donors (Lipinski definition) is 0. The van der Waals surface area contributed by atoms with Crippen molar-refractivity contribution in [1.82, 2.24) is 9.97 Å². The molecule has 0 aliphatic rings. The van der Waals surface area contributed by atoms with E-state index in [0.717, 1.165) is 22.9 Å². The van der Waals surface area contributed by atoms with Crippen LogP contribution < -0.4 is 4.74 Å². The summed E-state index contributed by atoms with van der Waals surface area (Å²) in [6.45, 7) is 0. The van der Waals surface area contributed by atoms with Crippen molar-refractivity contribution < 1.29 is 9.53 Å². The number of fused-ring (bicyclic) bond motifs is 1. The number of rotatable bonds is 3. The zero-order valence-corrected chi connectivity index (χ0v) is 8.75. The highest BCUT2D eigenvalue weighted by Crippen LogP contribution is 2.18. The second-order valence-corrected chi connectivity index (χ2v) is 3.12. The van der Waals surface area contributed by atoms with E-state index >= 15 is 0 Å².